The molecule has 3 heterocycles. The van der Waals surface area contributed by atoms with Gasteiger partial charge in [0.15, 0.2) is 5.82 Å². The van der Waals surface area contributed by atoms with Gasteiger partial charge in [0.2, 0.25) is 5.82 Å². The second-order valence-electron chi connectivity index (χ2n) is 11.3. The Morgan fingerprint density at radius 3 is 2.33 bits per heavy atom. The molecule has 0 unspecified atom stereocenters. The van der Waals surface area contributed by atoms with Crippen molar-refractivity contribution in [2.24, 2.45) is 5.92 Å². The van der Waals surface area contributed by atoms with Crippen LogP contribution >= 0.6 is 0 Å². The number of piperazine rings is 1. The van der Waals surface area contributed by atoms with E-state index in [2.05, 4.69) is 25.3 Å². The van der Waals surface area contributed by atoms with Crippen molar-refractivity contribution in [3.05, 3.63) is 53.3 Å². The molecule has 0 atom stereocenters. The lowest BCUT2D eigenvalue weighted by Crippen LogP contribution is -2.48. The summed E-state index contributed by atoms with van der Waals surface area (Å²) in [7, 11) is 0. The first-order valence-corrected chi connectivity index (χ1v) is 14.7. The molecule has 1 aromatic heterocycles. The van der Waals surface area contributed by atoms with Gasteiger partial charge in [-0.15, -0.1) is 10.2 Å². The summed E-state index contributed by atoms with van der Waals surface area (Å²) in [6.45, 7) is 8.38. The molecular formula is C30H38F3N7O3. The van der Waals surface area contributed by atoms with E-state index in [1.54, 1.807) is 12.1 Å². The number of halogens is 3. The first kappa shape index (κ1) is 30.8. The highest BCUT2D eigenvalue weighted by molar-refractivity contribution is 5.92. The van der Waals surface area contributed by atoms with Crippen LogP contribution < -0.4 is 10.6 Å². The monoisotopic (exact) mass is 601 g/mol. The molecule has 4 N–H and O–H groups in total. The quantitative estimate of drug-likeness (QED) is 0.295. The van der Waals surface area contributed by atoms with Crippen molar-refractivity contribution < 1.29 is 28.2 Å². The van der Waals surface area contributed by atoms with Crippen LogP contribution in [0.1, 0.15) is 41.5 Å². The fourth-order valence-corrected chi connectivity index (χ4v) is 5.76. The second kappa shape index (κ2) is 13.3. The number of phenols is 2. The van der Waals surface area contributed by atoms with E-state index in [-0.39, 0.29) is 28.7 Å². The predicted octanol–water partition coefficient (Wildman–Crippen LogP) is 3.32. The van der Waals surface area contributed by atoms with Gasteiger partial charge < -0.3 is 25.7 Å². The van der Waals surface area contributed by atoms with Gasteiger partial charge in [-0.3, -0.25) is 14.3 Å². The third-order valence-electron chi connectivity index (χ3n) is 8.18. The number of phenolic OH excluding ortho intramolecular Hbond substituents is 2. The lowest BCUT2D eigenvalue weighted by atomic mass is 9.97. The molecule has 0 saturated carbocycles. The lowest BCUT2D eigenvalue weighted by Gasteiger charge is -2.37. The Morgan fingerprint density at radius 1 is 1.00 bits per heavy atom. The number of aromatic hydroxyl groups is 2. The maximum atomic E-state index is 12.8. The van der Waals surface area contributed by atoms with Crippen molar-refractivity contribution in [2.45, 2.75) is 38.9 Å². The molecular weight excluding hydrogens is 563 g/mol. The molecule has 2 aliphatic heterocycles. The van der Waals surface area contributed by atoms with Crippen LogP contribution in [0.15, 0.2) is 36.4 Å². The molecule has 2 fully saturated rings. The van der Waals surface area contributed by atoms with Gasteiger partial charge in [0.05, 0.1) is 5.56 Å². The number of aryl methyl sites for hydroxylation is 1. The van der Waals surface area contributed by atoms with E-state index in [1.807, 2.05) is 24.4 Å². The molecule has 10 nitrogen and oxygen atoms in total. The molecule has 2 saturated heterocycles. The number of alkyl halides is 3. The summed E-state index contributed by atoms with van der Waals surface area (Å²) in [6.07, 6.45) is -1.68. The first-order chi connectivity index (χ1) is 20.6. The van der Waals surface area contributed by atoms with Crippen LogP contribution in [0, 0.1) is 5.92 Å². The summed E-state index contributed by atoms with van der Waals surface area (Å²) < 4.78 is 39.8. The number of nitrogens with one attached hydrogen (secondary N) is 2. The van der Waals surface area contributed by atoms with Crippen molar-refractivity contribution >= 4 is 5.91 Å². The maximum absolute atomic E-state index is 12.8. The summed E-state index contributed by atoms with van der Waals surface area (Å²) in [4.78, 5) is 17.8. The van der Waals surface area contributed by atoms with Gasteiger partial charge in [-0.2, -0.15) is 13.2 Å². The van der Waals surface area contributed by atoms with Gasteiger partial charge >= 0.3 is 6.18 Å². The topological polar surface area (TPSA) is 119 Å². The molecule has 5 rings (SSSR count). The highest BCUT2D eigenvalue weighted by Crippen LogP contribution is 2.36. The normalized spacial score (nSPS) is 17.3. The zero-order valence-corrected chi connectivity index (χ0v) is 24.2. The molecule has 0 spiro atoms. The molecule has 0 aliphatic carbocycles. The van der Waals surface area contributed by atoms with Crippen LogP contribution in [0.4, 0.5) is 13.2 Å². The van der Waals surface area contributed by atoms with E-state index in [1.165, 1.54) is 29.5 Å². The lowest BCUT2D eigenvalue weighted by molar-refractivity contribution is -0.123. The molecule has 1 amide bonds. The molecule has 2 aromatic carbocycles. The van der Waals surface area contributed by atoms with Gasteiger partial charge in [0.1, 0.15) is 18.0 Å². The third-order valence-corrected chi connectivity index (χ3v) is 8.18. The largest absolute Gasteiger partial charge is 0.508 e. The highest BCUT2D eigenvalue weighted by Gasteiger charge is 2.30. The van der Waals surface area contributed by atoms with Gasteiger partial charge in [-0.05, 0) is 67.6 Å². The van der Waals surface area contributed by atoms with E-state index >= 15 is 0 Å². The Bertz CT molecular complexity index is 1400. The number of hydrogen-bond acceptors (Lipinski definition) is 8. The number of piperidine rings is 1. The van der Waals surface area contributed by atoms with Gasteiger partial charge in [0, 0.05) is 51.0 Å². The average Bonchev–Trinajstić information content (AvgIpc) is 3.42. The molecule has 3 aromatic rings. The van der Waals surface area contributed by atoms with Crippen LogP contribution in [0.2, 0.25) is 0 Å². The number of rotatable bonds is 9. The van der Waals surface area contributed by atoms with Crippen LogP contribution in [0.3, 0.4) is 0 Å². The molecule has 0 radical (unpaired) electrons. The number of carbonyl (C=O) groups is 1. The third kappa shape index (κ3) is 7.64. The Balaban J connectivity index is 1.34. The predicted molar refractivity (Wildman–Crippen MR) is 155 cm³/mol. The fraction of sp³-hybridized carbons (Fsp3) is 0.500. The van der Waals surface area contributed by atoms with Crippen LogP contribution in [0.25, 0.3) is 17.1 Å². The SMILES string of the molecule is CCc1cc(-c2nnc(C(=O)NCC(F)(F)F)n2-c2ccc(CN3CCN(CC4CCNCC4)CC3)cc2)c(O)cc1O. The van der Waals surface area contributed by atoms with Gasteiger partial charge in [-0.25, -0.2) is 0 Å². The van der Waals surface area contributed by atoms with E-state index < -0.39 is 18.6 Å². The number of nitrogens with zero attached hydrogens (tertiary/aromatic N) is 5. The van der Waals surface area contributed by atoms with Gasteiger partial charge in [-0.1, -0.05) is 19.1 Å². The smallest absolute Gasteiger partial charge is 0.405 e. The average molecular weight is 602 g/mol. The van der Waals surface area contributed by atoms with E-state index in [9.17, 15) is 28.2 Å². The fourth-order valence-electron chi connectivity index (χ4n) is 5.76. The summed E-state index contributed by atoms with van der Waals surface area (Å²) >= 11 is 0. The zero-order chi connectivity index (χ0) is 30.6. The number of aromatic nitrogens is 3. The van der Waals surface area contributed by atoms with Crippen LogP contribution in [0.5, 0.6) is 11.5 Å². The maximum Gasteiger partial charge on any atom is 0.405 e. The number of hydrogen-bond donors (Lipinski definition) is 4. The second-order valence-corrected chi connectivity index (χ2v) is 11.3. The van der Waals surface area contributed by atoms with Crippen LogP contribution in [-0.4, -0.2) is 99.2 Å². The Labute approximate surface area is 248 Å². The van der Waals surface area contributed by atoms with Crippen molar-refractivity contribution in [1.29, 1.82) is 0 Å². The molecule has 13 heteroatoms. The van der Waals surface area contributed by atoms with E-state index in [0.29, 0.717) is 17.7 Å². The first-order valence-electron chi connectivity index (χ1n) is 14.7. The summed E-state index contributed by atoms with van der Waals surface area (Å²) in [5, 5.41) is 34.0. The molecule has 2 aliphatic rings. The Hall–Kier alpha value is -3.68. The standard InChI is InChI=1S/C30H38F3N7O3/c1-2-22-15-24(26(42)16-25(22)41)27-36-37-28(29(43)35-19-30(31,32)33)40(27)23-5-3-20(4-6-23)17-38-11-13-39(14-12-38)18-21-7-9-34-10-8-21/h3-6,15-16,21,34,41-42H,2,7-14,17-19H2,1H3,(H,35,43). The number of carbonyl (C=O) groups excluding carboxylic acids is 1. The summed E-state index contributed by atoms with van der Waals surface area (Å²) in [6, 6.07) is 10.0. The summed E-state index contributed by atoms with van der Waals surface area (Å²) in [5.41, 5.74) is 2.20. The molecule has 0 bridgehead atoms. The van der Waals surface area contributed by atoms with Crippen molar-refractivity contribution in [1.82, 2.24) is 35.2 Å². The minimum absolute atomic E-state index is 0.0574. The van der Waals surface area contributed by atoms with Crippen molar-refractivity contribution in [3.8, 4) is 28.6 Å². The van der Waals surface area contributed by atoms with E-state index in [0.717, 1.165) is 63.8 Å². The zero-order valence-electron chi connectivity index (χ0n) is 24.2. The Kier molecular flexibility index (Phi) is 9.52. The Morgan fingerprint density at radius 2 is 1.67 bits per heavy atom. The molecule has 43 heavy (non-hydrogen) atoms. The highest BCUT2D eigenvalue weighted by atomic mass is 19.4. The summed E-state index contributed by atoms with van der Waals surface area (Å²) in [5.74, 6) is -1.00. The van der Waals surface area contributed by atoms with E-state index in [4.69, 9.17) is 0 Å². The minimum atomic E-state index is -4.60. The number of amides is 1. The van der Waals surface area contributed by atoms with Gasteiger partial charge in [0.25, 0.3) is 5.91 Å². The van der Waals surface area contributed by atoms with Crippen molar-refractivity contribution in [2.75, 3.05) is 52.4 Å². The van der Waals surface area contributed by atoms with Crippen LogP contribution in [-0.2, 0) is 13.0 Å². The minimum Gasteiger partial charge on any atom is -0.508 e. The van der Waals surface area contributed by atoms with Crippen molar-refractivity contribution in [3.63, 3.8) is 0 Å². The number of benzene rings is 2. The molecule has 232 valence electrons.